The van der Waals surface area contributed by atoms with E-state index in [1.54, 1.807) is 37.3 Å². The minimum atomic E-state index is -2.87. The molecular weight excluding hydrogens is 340 g/mol. The van der Waals surface area contributed by atoms with Crippen LogP contribution in [0, 0.1) is 6.92 Å². The van der Waals surface area contributed by atoms with Gasteiger partial charge in [0.2, 0.25) is 5.91 Å². The van der Waals surface area contributed by atoms with Crippen molar-refractivity contribution in [2.24, 2.45) is 0 Å². The maximum Gasteiger partial charge on any atom is 0.387 e. The van der Waals surface area contributed by atoms with Gasteiger partial charge in [-0.1, -0.05) is 26.0 Å². The maximum absolute atomic E-state index is 12.1. The number of phenolic OH excluding ortho intramolecular Hbond substituents is 1. The Labute approximate surface area is 151 Å². The lowest BCUT2D eigenvalue weighted by molar-refractivity contribution is -0.111. The zero-order valence-corrected chi connectivity index (χ0v) is 14.8. The second-order valence-corrected chi connectivity index (χ2v) is 6.15. The molecule has 0 heterocycles. The van der Waals surface area contributed by atoms with Crippen LogP contribution in [0.15, 0.2) is 42.5 Å². The minimum absolute atomic E-state index is 0.0579. The van der Waals surface area contributed by atoms with E-state index in [0.29, 0.717) is 11.3 Å². The third-order valence-electron chi connectivity index (χ3n) is 3.79. The summed E-state index contributed by atoms with van der Waals surface area (Å²) in [6.07, 6.45) is 2.92. The molecule has 1 amide bonds. The summed E-state index contributed by atoms with van der Waals surface area (Å²) in [7, 11) is 0. The average molecular weight is 361 g/mol. The molecule has 0 radical (unpaired) electrons. The molecule has 138 valence electrons. The molecule has 2 N–H and O–H groups in total. The number of hydrogen-bond acceptors (Lipinski definition) is 3. The highest BCUT2D eigenvalue weighted by Gasteiger charge is 2.11. The molecule has 0 bridgehead atoms. The first-order valence-electron chi connectivity index (χ1n) is 8.13. The van der Waals surface area contributed by atoms with E-state index in [9.17, 15) is 18.7 Å². The second-order valence-electron chi connectivity index (χ2n) is 6.15. The molecule has 6 heteroatoms. The van der Waals surface area contributed by atoms with Gasteiger partial charge in [-0.05, 0) is 59.9 Å². The lowest BCUT2D eigenvalue weighted by Crippen LogP contribution is -2.09. The van der Waals surface area contributed by atoms with Gasteiger partial charge in [-0.25, -0.2) is 0 Å². The summed E-state index contributed by atoms with van der Waals surface area (Å²) in [6, 6.07) is 9.34. The number of carbonyl (C=O) groups excluding carboxylic acids is 1. The van der Waals surface area contributed by atoms with Gasteiger partial charge in [-0.15, -0.1) is 0 Å². The van der Waals surface area contributed by atoms with E-state index in [2.05, 4.69) is 10.1 Å². The number of ether oxygens (including phenoxy) is 1. The Morgan fingerprint density at radius 3 is 2.42 bits per heavy atom. The third kappa shape index (κ3) is 5.31. The summed E-state index contributed by atoms with van der Waals surface area (Å²) in [6.45, 7) is 2.84. The fourth-order valence-corrected chi connectivity index (χ4v) is 2.41. The van der Waals surface area contributed by atoms with Crippen molar-refractivity contribution in [3.63, 3.8) is 0 Å². The molecule has 2 aromatic carbocycles. The fourth-order valence-electron chi connectivity index (χ4n) is 2.41. The molecule has 0 aliphatic rings. The number of benzene rings is 2. The molecule has 0 saturated heterocycles. The molecule has 0 spiro atoms. The van der Waals surface area contributed by atoms with E-state index in [1.165, 1.54) is 18.2 Å². The Morgan fingerprint density at radius 1 is 1.19 bits per heavy atom. The van der Waals surface area contributed by atoms with Crippen LogP contribution in [0.4, 0.5) is 14.5 Å². The summed E-state index contributed by atoms with van der Waals surface area (Å²) in [4.78, 5) is 12.1. The van der Waals surface area contributed by atoms with Crippen LogP contribution in [-0.4, -0.2) is 17.6 Å². The highest BCUT2D eigenvalue weighted by atomic mass is 19.3. The van der Waals surface area contributed by atoms with Crippen LogP contribution in [0.25, 0.3) is 6.08 Å². The van der Waals surface area contributed by atoms with Crippen molar-refractivity contribution >= 4 is 17.7 Å². The van der Waals surface area contributed by atoms with Gasteiger partial charge >= 0.3 is 6.61 Å². The minimum Gasteiger partial charge on any atom is -0.508 e. The predicted molar refractivity (Wildman–Crippen MR) is 97.7 cm³/mol. The van der Waals surface area contributed by atoms with E-state index in [4.69, 9.17) is 0 Å². The highest BCUT2D eigenvalue weighted by molar-refractivity contribution is 6.02. The van der Waals surface area contributed by atoms with Crippen molar-refractivity contribution in [3.8, 4) is 11.5 Å². The highest BCUT2D eigenvalue weighted by Crippen LogP contribution is 2.31. The first-order chi connectivity index (χ1) is 12.3. The van der Waals surface area contributed by atoms with Crippen LogP contribution in [0.2, 0.25) is 0 Å². The van der Waals surface area contributed by atoms with Crippen LogP contribution < -0.4 is 10.1 Å². The van der Waals surface area contributed by atoms with Crippen LogP contribution in [-0.2, 0) is 4.79 Å². The number of phenols is 1. The Kier molecular flexibility index (Phi) is 6.33. The van der Waals surface area contributed by atoms with Crippen LogP contribution in [0.3, 0.4) is 0 Å². The van der Waals surface area contributed by atoms with Gasteiger partial charge in [0.15, 0.2) is 0 Å². The number of amides is 1. The SMILES string of the molecule is Cc1cc(O)c(C(C)C)cc1NC(=O)C=Cc1ccc(OC(F)F)cc1. The predicted octanol–water partition coefficient (Wildman–Crippen LogP) is 5.08. The van der Waals surface area contributed by atoms with E-state index >= 15 is 0 Å². The summed E-state index contributed by atoms with van der Waals surface area (Å²) < 4.78 is 28.5. The molecule has 0 unspecified atom stereocenters. The van der Waals surface area contributed by atoms with Gasteiger partial charge in [0.1, 0.15) is 11.5 Å². The molecule has 2 aromatic rings. The van der Waals surface area contributed by atoms with Crippen molar-refractivity contribution in [1.82, 2.24) is 0 Å². The monoisotopic (exact) mass is 361 g/mol. The zero-order chi connectivity index (χ0) is 19.3. The largest absolute Gasteiger partial charge is 0.508 e. The first kappa shape index (κ1) is 19.4. The van der Waals surface area contributed by atoms with Crippen LogP contribution in [0.1, 0.15) is 36.5 Å². The number of hydrogen-bond donors (Lipinski definition) is 2. The molecule has 0 aliphatic heterocycles. The Hall–Kier alpha value is -2.89. The summed E-state index contributed by atoms with van der Waals surface area (Å²) in [5.41, 5.74) is 2.81. The van der Waals surface area contributed by atoms with E-state index in [-0.39, 0.29) is 23.3 Å². The van der Waals surface area contributed by atoms with Gasteiger partial charge in [0, 0.05) is 11.8 Å². The van der Waals surface area contributed by atoms with Crippen LogP contribution >= 0.6 is 0 Å². The van der Waals surface area contributed by atoms with Crippen LogP contribution in [0.5, 0.6) is 11.5 Å². The number of aryl methyl sites for hydroxylation is 1. The van der Waals surface area contributed by atoms with Crippen molar-refractivity contribution in [2.75, 3.05) is 5.32 Å². The number of rotatable bonds is 6. The zero-order valence-electron chi connectivity index (χ0n) is 14.8. The van der Waals surface area contributed by atoms with Crippen molar-refractivity contribution in [1.29, 1.82) is 0 Å². The topological polar surface area (TPSA) is 58.6 Å². The Balaban J connectivity index is 2.06. The Bertz CT molecular complexity index is 799. The molecule has 2 rings (SSSR count). The third-order valence-corrected chi connectivity index (χ3v) is 3.79. The summed E-state index contributed by atoms with van der Waals surface area (Å²) in [5, 5.41) is 12.7. The smallest absolute Gasteiger partial charge is 0.387 e. The summed E-state index contributed by atoms with van der Waals surface area (Å²) >= 11 is 0. The van der Waals surface area contributed by atoms with E-state index in [0.717, 1.165) is 11.1 Å². The maximum atomic E-state index is 12.1. The van der Waals surface area contributed by atoms with Gasteiger partial charge < -0.3 is 15.2 Å². The van der Waals surface area contributed by atoms with Gasteiger partial charge in [0.05, 0.1) is 0 Å². The number of alkyl halides is 2. The van der Waals surface area contributed by atoms with E-state index in [1.807, 2.05) is 13.8 Å². The number of halogens is 2. The molecule has 4 nitrogen and oxygen atoms in total. The molecule has 0 aliphatic carbocycles. The average Bonchev–Trinajstić information content (AvgIpc) is 2.56. The van der Waals surface area contributed by atoms with Gasteiger partial charge in [-0.3, -0.25) is 4.79 Å². The number of aromatic hydroxyl groups is 1. The first-order valence-corrected chi connectivity index (χ1v) is 8.13. The molecule has 26 heavy (non-hydrogen) atoms. The normalized spacial score (nSPS) is 11.3. The van der Waals surface area contributed by atoms with E-state index < -0.39 is 6.61 Å². The van der Waals surface area contributed by atoms with Gasteiger partial charge in [0.25, 0.3) is 0 Å². The quantitative estimate of drug-likeness (QED) is 0.557. The van der Waals surface area contributed by atoms with Crippen molar-refractivity contribution in [3.05, 3.63) is 59.2 Å². The van der Waals surface area contributed by atoms with Crippen molar-refractivity contribution in [2.45, 2.75) is 33.3 Å². The number of carbonyl (C=O) groups is 1. The number of nitrogens with one attached hydrogen (secondary N) is 1. The lowest BCUT2D eigenvalue weighted by atomic mass is 9.99. The molecular formula is C20H21F2NO3. The molecule has 0 aromatic heterocycles. The van der Waals surface area contributed by atoms with Gasteiger partial charge in [-0.2, -0.15) is 8.78 Å². The lowest BCUT2D eigenvalue weighted by Gasteiger charge is -2.13. The standard InChI is InChI=1S/C20H21F2NO3/c1-12(2)16-11-17(13(3)10-18(16)24)23-19(25)9-6-14-4-7-15(8-5-14)26-20(21)22/h4-12,20,24H,1-3H3,(H,23,25). The Morgan fingerprint density at radius 2 is 1.85 bits per heavy atom. The number of anilines is 1. The van der Waals surface area contributed by atoms with Crippen molar-refractivity contribution < 1.29 is 23.4 Å². The fraction of sp³-hybridized carbons (Fsp3) is 0.250. The molecule has 0 saturated carbocycles. The molecule has 0 fully saturated rings. The summed E-state index contributed by atoms with van der Waals surface area (Å²) in [5.74, 6) is 0.0526. The molecule has 0 atom stereocenters. The second kappa shape index (κ2) is 8.47.